The van der Waals surface area contributed by atoms with Gasteiger partial charge in [0, 0.05) is 31.0 Å². The summed E-state index contributed by atoms with van der Waals surface area (Å²) in [5, 5.41) is 22.9. The Bertz CT molecular complexity index is 2390. The maximum absolute atomic E-state index is 14.3. The van der Waals surface area contributed by atoms with E-state index in [4.69, 9.17) is 10.5 Å². The van der Waals surface area contributed by atoms with Gasteiger partial charge >= 0.3 is 24.1 Å². The molecule has 0 saturated carbocycles. The summed E-state index contributed by atoms with van der Waals surface area (Å²) in [6, 6.07) is 7.85. The van der Waals surface area contributed by atoms with E-state index in [2.05, 4.69) is 31.2 Å². The number of unbranched alkanes of at least 4 members (excludes halogenated alkanes) is 2. The largest absolute Gasteiger partial charge is 0.480 e. The van der Waals surface area contributed by atoms with Crippen molar-refractivity contribution < 1.29 is 61.4 Å². The highest BCUT2D eigenvalue weighted by molar-refractivity contribution is 8.15. The van der Waals surface area contributed by atoms with Crippen LogP contribution < -0.4 is 32.3 Å². The summed E-state index contributed by atoms with van der Waals surface area (Å²) in [5.74, 6) is -6.43. The highest BCUT2D eigenvalue weighted by atomic mass is 32.2. The van der Waals surface area contributed by atoms with E-state index < -0.39 is 83.9 Å². The van der Waals surface area contributed by atoms with Crippen LogP contribution in [0.4, 0.5) is 23.7 Å². The number of carboxylic acids is 1. The Morgan fingerprint density at radius 1 is 0.914 bits per heavy atom. The molecule has 3 aromatic rings. The molecule has 5 atom stereocenters. The molecule has 0 aliphatic carbocycles. The SMILES string of the molecule is CN(C)CCCCC(NC(=O)C1CCCN1C(=O)C(CCC(N)=O)NC(=O)OCc1ccccc1)C(=O)NC(CCCCNC(=O)C(F)(F)F)C(=O)Nc1ccc2nc(C3=NC(C(=O)O)CS3)sc2c1. The van der Waals surface area contributed by atoms with Gasteiger partial charge in [-0.2, -0.15) is 13.2 Å². The minimum absolute atomic E-state index is 0.0119. The van der Waals surface area contributed by atoms with E-state index in [-0.39, 0.29) is 70.4 Å². The van der Waals surface area contributed by atoms with Gasteiger partial charge in [0.05, 0.1) is 10.2 Å². The number of hydrogen-bond acceptors (Lipinski definition) is 14. The number of rotatable bonds is 25. The van der Waals surface area contributed by atoms with Gasteiger partial charge in [-0.15, -0.1) is 23.1 Å². The average Bonchev–Trinajstić information content (AvgIpc) is 4.10. The van der Waals surface area contributed by atoms with E-state index in [1.165, 1.54) is 28.0 Å². The molecular weight excluding hydrogens is 962 g/mol. The normalized spacial score (nSPS) is 17.0. The molecule has 2 aromatic carbocycles. The Kier molecular flexibility index (Phi) is 20.3. The molecule has 2 aliphatic rings. The lowest BCUT2D eigenvalue weighted by atomic mass is 10.0. The van der Waals surface area contributed by atoms with Crippen molar-refractivity contribution in [3.63, 3.8) is 0 Å². The lowest BCUT2D eigenvalue weighted by Crippen LogP contribution is -2.57. The van der Waals surface area contributed by atoms with Crippen LogP contribution in [0.3, 0.4) is 0 Å². The number of aromatic nitrogens is 1. The van der Waals surface area contributed by atoms with Crippen LogP contribution in [0.15, 0.2) is 53.5 Å². The first-order chi connectivity index (χ1) is 33.3. The first-order valence-electron chi connectivity index (χ1n) is 22.6. The molecule has 380 valence electrons. The molecular formula is C45H57F3N10O10S2. The number of likely N-dealkylation sites (tertiary alicyclic amines) is 1. The Labute approximate surface area is 409 Å². The zero-order valence-corrected chi connectivity index (χ0v) is 40.2. The average molecular weight is 1020 g/mol. The topological polar surface area (TPSA) is 284 Å². The van der Waals surface area contributed by atoms with Crippen molar-refractivity contribution in [1.29, 1.82) is 0 Å². The molecule has 20 nitrogen and oxygen atoms in total. The highest BCUT2D eigenvalue weighted by Crippen LogP contribution is 2.31. The van der Waals surface area contributed by atoms with E-state index in [1.54, 1.807) is 53.8 Å². The third kappa shape index (κ3) is 16.7. The Balaban J connectivity index is 1.31. The molecule has 2 aliphatic heterocycles. The van der Waals surface area contributed by atoms with Gasteiger partial charge in [0.15, 0.2) is 6.04 Å². The quantitative estimate of drug-likeness (QED) is 0.0601. The number of halogens is 3. The van der Waals surface area contributed by atoms with Gasteiger partial charge in [-0.05, 0) is 102 Å². The number of alkyl carbamates (subject to hydrolysis) is 1. The van der Waals surface area contributed by atoms with E-state index in [9.17, 15) is 56.6 Å². The fourth-order valence-electron chi connectivity index (χ4n) is 7.52. The number of amides is 7. The standard InChI is InChI=1S/C45H57F3N10O10S2/c1-57(2)21-9-7-14-30(53-38(62)33-15-10-22-58(33)41(63)31(18-19-35(49)59)56-44(67)68-24-26-11-4-3-5-12-26)37(61)52-29(13-6-8-20-50-43(66)45(46,47)48)36(60)51-27-16-17-28-34(23-27)70-40(54-28)39-55-32(25-69-39)42(64)65/h3-5,11-12,16-17,23,29-33H,6-10,13-15,18-22,24-25H2,1-2H3,(H2,49,59)(H,50,66)(H,51,60)(H,52,61)(H,53,62)(H,56,67)(H,64,65). The summed E-state index contributed by atoms with van der Waals surface area (Å²) in [6.07, 6.45) is -4.70. The Morgan fingerprint density at radius 3 is 2.30 bits per heavy atom. The molecule has 5 unspecified atom stereocenters. The number of fused-ring (bicyclic) bond motifs is 1. The van der Waals surface area contributed by atoms with Gasteiger partial charge < -0.3 is 52.0 Å². The zero-order chi connectivity index (χ0) is 51.0. The number of nitrogens with two attached hydrogens (primary N) is 1. The van der Waals surface area contributed by atoms with Crippen LogP contribution in [0, 0.1) is 0 Å². The number of hydrogen-bond donors (Lipinski definition) is 7. The summed E-state index contributed by atoms with van der Waals surface area (Å²) in [4.78, 5) is 116. The first-order valence-corrected chi connectivity index (χ1v) is 24.4. The van der Waals surface area contributed by atoms with Crippen LogP contribution in [0.25, 0.3) is 10.2 Å². The summed E-state index contributed by atoms with van der Waals surface area (Å²) in [7, 11) is 3.74. The van der Waals surface area contributed by atoms with E-state index in [1.807, 2.05) is 19.0 Å². The summed E-state index contributed by atoms with van der Waals surface area (Å²) >= 11 is 2.49. The predicted molar refractivity (Wildman–Crippen MR) is 255 cm³/mol. The smallest absolute Gasteiger partial charge is 0.471 e. The van der Waals surface area contributed by atoms with Crippen molar-refractivity contribution in [2.24, 2.45) is 10.7 Å². The Morgan fingerprint density at radius 2 is 1.63 bits per heavy atom. The number of carbonyl (C=O) groups is 8. The molecule has 1 fully saturated rings. The number of primary amides is 1. The van der Waals surface area contributed by atoms with E-state index in [0.29, 0.717) is 57.3 Å². The monoisotopic (exact) mass is 1020 g/mol. The maximum atomic E-state index is 14.3. The number of ether oxygens (including phenoxy) is 1. The van der Waals surface area contributed by atoms with Gasteiger partial charge in [-0.25, -0.2) is 14.6 Å². The van der Waals surface area contributed by atoms with Gasteiger partial charge in [0.1, 0.15) is 40.8 Å². The number of benzene rings is 2. The number of aliphatic imine (C=N–C) groups is 1. The van der Waals surface area contributed by atoms with Gasteiger partial charge in [0.25, 0.3) is 0 Å². The van der Waals surface area contributed by atoms with Crippen molar-refractivity contribution in [3.05, 3.63) is 59.1 Å². The van der Waals surface area contributed by atoms with Crippen LogP contribution in [0.5, 0.6) is 0 Å². The van der Waals surface area contributed by atoms with E-state index in [0.717, 1.165) is 0 Å². The van der Waals surface area contributed by atoms with Crippen LogP contribution in [-0.4, -0.2) is 148 Å². The van der Waals surface area contributed by atoms with Crippen molar-refractivity contribution >= 4 is 91.6 Å². The third-order valence-corrected chi connectivity index (χ3v) is 13.4. The maximum Gasteiger partial charge on any atom is 0.471 e. The van der Waals surface area contributed by atoms with Crippen molar-refractivity contribution in [2.45, 2.75) is 107 Å². The molecule has 8 N–H and O–H groups in total. The van der Waals surface area contributed by atoms with Crippen LogP contribution in [0.2, 0.25) is 0 Å². The lowest BCUT2D eigenvalue weighted by Gasteiger charge is -2.30. The van der Waals surface area contributed by atoms with Gasteiger partial charge in [-0.1, -0.05) is 30.3 Å². The molecule has 7 amide bonds. The number of carboxylic acid groups (broad SMARTS) is 1. The number of nitrogens with one attached hydrogen (secondary N) is 5. The molecule has 70 heavy (non-hydrogen) atoms. The Hall–Kier alpha value is -6.34. The number of thioether (sulfide) groups is 1. The van der Waals surface area contributed by atoms with Crippen LogP contribution in [0.1, 0.15) is 74.8 Å². The van der Waals surface area contributed by atoms with Crippen LogP contribution in [-0.2, 0) is 44.9 Å². The second-order valence-electron chi connectivity index (χ2n) is 16.9. The molecule has 0 radical (unpaired) electrons. The first kappa shape index (κ1) is 54.6. The molecule has 5 rings (SSSR count). The van der Waals surface area contributed by atoms with Crippen molar-refractivity contribution in [2.75, 3.05) is 44.8 Å². The number of alkyl halides is 3. The molecule has 3 heterocycles. The molecule has 1 saturated heterocycles. The molecule has 1 aromatic heterocycles. The van der Waals surface area contributed by atoms with Crippen molar-refractivity contribution in [3.8, 4) is 0 Å². The molecule has 0 spiro atoms. The van der Waals surface area contributed by atoms with E-state index >= 15 is 0 Å². The zero-order valence-electron chi connectivity index (χ0n) is 38.6. The number of carbonyl (C=O) groups excluding carboxylic acids is 7. The van der Waals surface area contributed by atoms with Gasteiger partial charge in [-0.3, -0.25) is 33.8 Å². The summed E-state index contributed by atoms with van der Waals surface area (Å²) < 4.78 is 44.4. The fourth-order valence-corrected chi connectivity index (χ4v) is 9.63. The van der Waals surface area contributed by atoms with Crippen LogP contribution >= 0.6 is 23.1 Å². The fraction of sp³-hybridized carbons (Fsp3) is 0.511. The number of thiazole rings is 1. The van der Waals surface area contributed by atoms with Crippen molar-refractivity contribution in [1.82, 2.24) is 36.1 Å². The van der Waals surface area contributed by atoms with Gasteiger partial charge in [0.2, 0.25) is 29.5 Å². The number of anilines is 1. The molecule has 0 bridgehead atoms. The number of nitrogens with zero attached hydrogens (tertiary/aromatic N) is 4. The number of aliphatic carboxylic acids is 1. The predicted octanol–water partition coefficient (Wildman–Crippen LogP) is 3.28. The second kappa shape index (κ2) is 26.0. The molecule has 25 heteroatoms. The summed E-state index contributed by atoms with van der Waals surface area (Å²) in [6.45, 7) is 0.301. The lowest BCUT2D eigenvalue weighted by molar-refractivity contribution is -0.173. The minimum Gasteiger partial charge on any atom is -0.480 e. The third-order valence-electron chi connectivity index (χ3n) is 11.2. The second-order valence-corrected chi connectivity index (χ2v) is 19.0. The minimum atomic E-state index is -5.09. The highest BCUT2D eigenvalue weighted by Gasteiger charge is 2.40. The summed E-state index contributed by atoms with van der Waals surface area (Å²) in [5.41, 5.74) is 6.93.